The van der Waals surface area contributed by atoms with Gasteiger partial charge in [0.2, 0.25) is 5.91 Å². The van der Waals surface area contributed by atoms with E-state index in [1.54, 1.807) is 7.05 Å². The van der Waals surface area contributed by atoms with Crippen LogP contribution < -0.4 is 10.6 Å². The molecule has 1 heterocycles. The first kappa shape index (κ1) is 12.4. The van der Waals surface area contributed by atoms with Crippen molar-refractivity contribution in [1.82, 2.24) is 10.6 Å². The summed E-state index contributed by atoms with van der Waals surface area (Å²) in [5.74, 6) is 0.131. The minimum absolute atomic E-state index is 0.0579. The SMILES string of the molecule is CC.CNC(=O)[C@@H]1CCCCCN1. The van der Waals surface area contributed by atoms with Gasteiger partial charge in [-0.15, -0.1) is 0 Å². The van der Waals surface area contributed by atoms with Gasteiger partial charge in [0.15, 0.2) is 0 Å². The van der Waals surface area contributed by atoms with Crippen LogP contribution in [0.25, 0.3) is 0 Å². The number of likely N-dealkylation sites (N-methyl/N-ethyl adjacent to an activating group) is 1. The molecule has 3 nitrogen and oxygen atoms in total. The van der Waals surface area contributed by atoms with Crippen LogP contribution in [-0.2, 0) is 4.79 Å². The summed E-state index contributed by atoms with van der Waals surface area (Å²) >= 11 is 0. The summed E-state index contributed by atoms with van der Waals surface area (Å²) in [5.41, 5.74) is 0. The summed E-state index contributed by atoms with van der Waals surface area (Å²) in [6, 6.07) is 0.0579. The monoisotopic (exact) mass is 186 g/mol. The molecule has 0 aliphatic carbocycles. The van der Waals surface area contributed by atoms with Crippen LogP contribution in [-0.4, -0.2) is 25.5 Å². The standard InChI is InChI=1S/C8H16N2O.C2H6/c1-9-8(11)7-5-3-2-4-6-10-7;1-2/h7,10H,2-6H2,1H3,(H,9,11);1-2H3/t7-;/m0./s1. The van der Waals surface area contributed by atoms with Crippen LogP contribution in [0.5, 0.6) is 0 Å². The third kappa shape index (κ3) is 4.88. The molecule has 0 spiro atoms. The Morgan fingerprint density at radius 1 is 1.31 bits per heavy atom. The second-order valence-electron chi connectivity index (χ2n) is 2.97. The molecule has 1 fully saturated rings. The van der Waals surface area contributed by atoms with Crippen LogP contribution >= 0.6 is 0 Å². The van der Waals surface area contributed by atoms with E-state index in [2.05, 4.69) is 10.6 Å². The lowest BCUT2D eigenvalue weighted by molar-refractivity contribution is -0.122. The Kier molecular flexibility index (Phi) is 7.69. The van der Waals surface area contributed by atoms with Gasteiger partial charge in [-0.1, -0.05) is 26.7 Å². The van der Waals surface area contributed by atoms with Crippen LogP contribution in [0.15, 0.2) is 0 Å². The molecule has 0 saturated carbocycles. The average molecular weight is 186 g/mol. The molecule has 3 heteroatoms. The van der Waals surface area contributed by atoms with Crippen molar-refractivity contribution in [2.75, 3.05) is 13.6 Å². The van der Waals surface area contributed by atoms with Crippen molar-refractivity contribution in [2.24, 2.45) is 0 Å². The number of carbonyl (C=O) groups excluding carboxylic acids is 1. The van der Waals surface area contributed by atoms with Gasteiger partial charge in [-0.3, -0.25) is 4.79 Å². The highest BCUT2D eigenvalue weighted by molar-refractivity contribution is 5.81. The first-order valence-corrected chi connectivity index (χ1v) is 5.29. The highest BCUT2D eigenvalue weighted by Gasteiger charge is 2.17. The summed E-state index contributed by atoms with van der Waals surface area (Å²) < 4.78 is 0. The maximum atomic E-state index is 11.1. The van der Waals surface area contributed by atoms with Gasteiger partial charge < -0.3 is 10.6 Å². The largest absolute Gasteiger partial charge is 0.358 e. The van der Waals surface area contributed by atoms with Crippen molar-refractivity contribution < 1.29 is 4.79 Å². The lowest BCUT2D eigenvalue weighted by Gasteiger charge is -2.12. The molecular formula is C10H22N2O. The van der Waals surface area contributed by atoms with Gasteiger partial charge >= 0.3 is 0 Å². The first-order chi connectivity index (χ1) is 6.34. The Morgan fingerprint density at radius 2 is 2.00 bits per heavy atom. The van der Waals surface area contributed by atoms with Gasteiger partial charge in [-0.05, 0) is 19.4 Å². The summed E-state index contributed by atoms with van der Waals surface area (Å²) in [4.78, 5) is 11.1. The first-order valence-electron chi connectivity index (χ1n) is 5.29. The fourth-order valence-electron chi connectivity index (χ4n) is 1.43. The molecule has 2 N–H and O–H groups in total. The molecule has 0 aromatic heterocycles. The number of amides is 1. The van der Waals surface area contributed by atoms with E-state index < -0.39 is 0 Å². The Hall–Kier alpha value is -0.570. The smallest absolute Gasteiger partial charge is 0.236 e. The topological polar surface area (TPSA) is 41.1 Å². The van der Waals surface area contributed by atoms with Gasteiger partial charge in [0.05, 0.1) is 6.04 Å². The molecule has 1 aliphatic rings. The maximum absolute atomic E-state index is 11.1. The number of hydrogen-bond donors (Lipinski definition) is 2. The van der Waals surface area contributed by atoms with Crippen molar-refractivity contribution in [2.45, 2.75) is 45.6 Å². The van der Waals surface area contributed by atoms with E-state index in [4.69, 9.17) is 0 Å². The number of nitrogens with one attached hydrogen (secondary N) is 2. The zero-order chi connectivity index (χ0) is 10.1. The van der Waals surface area contributed by atoms with Crippen molar-refractivity contribution in [1.29, 1.82) is 0 Å². The molecule has 0 radical (unpaired) electrons. The Labute approximate surface area is 81.3 Å². The number of carbonyl (C=O) groups is 1. The molecule has 1 atom stereocenters. The van der Waals surface area contributed by atoms with E-state index in [1.807, 2.05) is 13.8 Å². The summed E-state index contributed by atoms with van der Waals surface area (Å²) in [6.45, 7) is 4.98. The molecule has 1 aliphatic heterocycles. The average Bonchev–Trinajstić information content (AvgIpc) is 2.48. The van der Waals surface area contributed by atoms with E-state index in [0.29, 0.717) is 0 Å². The van der Waals surface area contributed by atoms with E-state index in [-0.39, 0.29) is 11.9 Å². The molecule has 13 heavy (non-hydrogen) atoms. The van der Waals surface area contributed by atoms with Crippen molar-refractivity contribution >= 4 is 5.91 Å². The quantitative estimate of drug-likeness (QED) is 0.648. The van der Waals surface area contributed by atoms with E-state index in [1.165, 1.54) is 19.3 Å². The highest BCUT2D eigenvalue weighted by atomic mass is 16.2. The summed E-state index contributed by atoms with van der Waals surface area (Å²) in [7, 11) is 1.69. The second-order valence-corrected chi connectivity index (χ2v) is 2.97. The van der Waals surface area contributed by atoms with Gasteiger partial charge in [0, 0.05) is 7.05 Å². The zero-order valence-electron chi connectivity index (χ0n) is 9.02. The summed E-state index contributed by atoms with van der Waals surface area (Å²) in [6.07, 6.45) is 4.61. The van der Waals surface area contributed by atoms with Crippen molar-refractivity contribution in [3.05, 3.63) is 0 Å². The number of rotatable bonds is 1. The summed E-state index contributed by atoms with van der Waals surface area (Å²) in [5, 5.41) is 5.88. The Balaban J connectivity index is 0.000000671. The Morgan fingerprint density at radius 3 is 2.62 bits per heavy atom. The Bertz CT molecular complexity index is 129. The molecule has 0 aromatic rings. The normalized spacial score (nSPS) is 22.2. The van der Waals surface area contributed by atoms with Gasteiger partial charge in [0.25, 0.3) is 0 Å². The minimum Gasteiger partial charge on any atom is -0.358 e. The molecular weight excluding hydrogens is 164 g/mol. The zero-order valence-corrected chi connectivity index (χ0v) is 9.02. The fourth-order valence-corrected chi connectivity index (χ4v) is 1.43. The number of hydrogen-bond acceptors (Lipinski definition) is 2. The molecule has 0 aromatic carbocycles. The van der Waals surface area contributed by atoms with Crippen LogP contribution in [0.3, 0.4) is 0 Å². The van der Waals surface area contributed by atoms with Gasteiger partial charge in [0.1, 0.15) is 0 Å². The van der Waals surface area contributed by atoms with Crippen LogP contribution in [0.4, 0.5) is 0 Å². The van der Waals surface area contributed by atoms with E-state index in [0.717, 1.165) is 13.0 Å². The molecule has 78 valence electrons. The van der Waals surface area contributed by atoms with Gasteiger partial charge in [-0.25, -0.2) is 0 Å². The molecule has 1 rings (SSSR count). The van der Waals surface area contributed by atoms with Gasteiger partial charge in [-0.2, -0.15) is 0 Å². The molecule has 1 amide bonds. The predicted molar refractivity (Wildman–Crippen MR) is 55.7 cm³/mol. The maximum Gasteiger partial charge on any atom is 0.236 e. The third-order valence-electron chi connectivity index (χ3n) is 2.12. The van der Waals surface area contributed by atoms with Crippen LogP contribution in [0, 0.1) is 0 Å². The lowest BCUT2D eigenvalue weighted by atomic mass is 10.1. The fraction of sp³-hybridized carbons (Fsp3) is 0.900. The van der Waals surface area contributed by atoms with Crippen molar-refractivity contribution in [3.63, 3.8) is 0 Å². The van der Waals surface area contributed by atoms with Crippen LogP contribution in [0.1, 0.15) is 39.5 Å². The van der Waals surface area contributed by atoms with Crippen LogP contribution in [0.2, 0.25) is 0 Å². The molecule has 0 unspecified atom stereocenters. The highest BCUT2D eigenvalue weighted by Crippen LogP contribution is 2.07. The minimum atomic E-state index is 0.0579. The van der Waals surface area contributed by atoms with E-state index in [9.17, 15) is 4.79 Å². The lowest BCUT2D eigenvalue weighted by Crippen LogP contribution is -2.42. The third-order valence-corrected chi connectivity index (χ3v) is 2.12. The molecule has 1 saturated heterocycles. The predicted octanol–water partition coefficient (Wildman–Crippen LogP) is 1.29. The van der Waals surface area contributed by atoms with E-state index >= 15 is 0 Å². The molecule has 0 bridgehead atoms. The van der Waals surface area contributed by atoms with Crippen molar-refractivity contribution in [3.8, 4) is 0 Å². The second kappa shape index (κ2) is 8.05.